The summed E-state index contributed by atoms with van der Waals surface area (Å²) >= 11 is 0. The largest absolute Gasteiger partial charge is 0.497 e. The molecule has 1 fully saturated rings. The molecule has 0 saturated carbocycles. The van der Waals surface area contributed by atoms with Gasteiger partial charge in [-0.25, -0.2) is 0 Å². The van der Waals surface area contributed by atoms with Crippen LogP contribution in [0.25, 0.3) is 38.7 Å². The first-order chi connectivity index (χ1) is 25.0. The second-order valence-corrected chi connectivity index (χ2v) is 14.0. The van der Waals surface area contributed by atoms with Gasteiger partial charge in [-0.15, -0.1) is 0 Å². The van der Waals surface area contributed by atoms with Gasteiger partial charge in [0.25, 0.3) is 0 Å². The Kier molecular flexibility index (Phi) is 7.59. The highest BCUT2D eigenvalue weighted by molar-refractivity contribution is 6.10. The Morgan fingerprint density at radius 1 is 0.725 bits per heavy atom. The van der Waals surface area contributed by atoms with Crippen LogP contribution in [0.2, 0.25) is 0 Å². The molecule has 6 aromatic rings. The van der Waals surface area contributed by atoms with Gasteiger partial charge >= 0.3 is 0 Å². The summed E-state index contributed by atoms with van der Waals surface area (Å²) in [5.41, 5.74) is 8.71. The van der Waals surface area contributed by atoms with Gasteiger partial charge in [0.1, 0.15) is 17.2 Å². The first-order valence-corrected chi connectivity index (χ1v) is 18.2. The first kappa shape index (κ1) is 31.7. The summed E-state index contributed by atoms with van der Waals surface area (Å²) in [7, 11) is 3.48. The van der Waals surface area contributed by atoms with Crippen LogP contribution in [0.4, 0.5) is 5.69 Å². The molecule has 6 aromatic carbocycles. The minimum absolute atomic E-state index is 0.153. The number of anilines is 1. The van der Waals surface area contributed by atoms with E-state index in [0.29, 0.717) is 13.2 Å². The maximum absolute atomic E-state index is 7.70. The van der Waals surface area contributed by atoms with Crippen molar-refractivity contribution >= 4 is 33.3 Å². The van der Waals surface area contributed by atoms with Crippen molar-refractivity contribution in [2.24, 2.45) is 0 Å². The maximum Gasteiger partial charge on any atom is 0.178 e. The van der Waals surface area contributed by atoms with Gasteiger partial charge in [0.2, 0.25) is 0 Å². The molecule has 0 bridgehead atoms. The lowest BCUT2D eigenvalue weighted by atomic mass is 9.71. The van der Waals surface area contributed by atoms with E-state index in [4.69, 9.17) is 18.9 Å². The van der Waals surface area contributed by atoms with E-state index in [2.05, 4.69) is 122 Å². The van der Waals surface area contributed by atoms with Crippen molar-refractivity contribution in [3.63, 3.8) is 0 Å². The Balaban J connectivity index is 1.38. The Bertz CT molecular complexity index is 2330. The van der Waals surface area contributed by atoms with Crippen LogP contribution in [0.15, 0.2) is 109 Å². The van der Waals surface area contributed by atoms with Crippen molar-refractivity contribution in [1.29, 1.82) is 0 Å². The molecule has 1 unspecified atom stereocenters. The van der Waals surface area contributed by atoms with Gasteiger partial charge in [-0.05, 0) is 87.7 Å². The van der Waals surface area contributed by atoms with Crippen molar-refractivity contribution in [2.75, 3.05) is 45.4 Å². The highest BCUT2D eigenvalue weighted by Crippen LogP contribution is 2.61. The van der Waals surface area contributed by atoms with Crippen molar-refractivity contribution in [2.45, 2.75) is 37.7 Å². The van der Waals surface area contributed by atoms with Crippen LogP contribution >= 0.6 is 0 Å². The number of hydrogen-bond donors (Lipinski definition) is 0. The molecule has 5 nitrogen and oxygen atoms in total. The highest BCUT2D eigenvalue weighted by atomic mass is 16.5. The quantitative estimate of drug-likeness (QED) is 0.169. The summed E-state index contributed by atoms with van der Waals surface area (Å²) in [6.07, 6.45) is 6.61. The van der Waals surface area contributed by atoms with Crippen LogP contribution in [0, 0.1) is 0 Å². The summed E-state index contributed by atoms with van der Waals surface area (Å²) in [6.45, 7) is 7.71. The lowest BCUT2D eigenvalue weighted by Crippen LogP contribution is -2.36. The Hall–Kier alpha value is -5.26. The third kappa shape index (κ3) is 4.64. The smallest absolute Gasteiger partial charge is 0.178 e. The second-order valence-electron chi connectivity index (χ2n) is 14.0. The molecule has 0 N–H and O–H groups in total. The van der Waals surface area contributed by atoms with Crippen LogP contribution in [0.1, 0.15) is 54.5 Å². The second kappa shape index (κ2) is 12.2. The zero-order chi connectivity index (χ0) is 34.7. The van der Waals surface area contributed by atoms with Gasteiger partial charge in [-0.1, -0.05) is 92.7 Å². The fourth-order valence-corrected chi connectivity index (χ4v) is 9.12. The van der Waals surface area contributed by atoms with E-state index in [0.717, 1.165) is 70.9 Å². The number of hydrogen-bond acceptors (Lipinski definition) is 5. The van der Waals surface area contributed by atoms with Crippen LogP contribution < -0.4 is 19.1 Å². The highest BCUT2D eigenvalue weighted by Gasteiger charge is 2.47. The minimum atomic E-state index is -0.896. The van der Waals surface area contributed by atoms with Gasteiger partial charge in [-0.2, -0.15) is 0 Å². The van der Waals surface area contributed by atoms with Crippen molar-refractivity contribution in [3.05, 3.63) is 137 Å². The third-order valence-corrected chi connectivity index (χ3v) is 11.8. The number of benzene rings is 6. The van der Waals surface area contributed by atoms with Gasteiger partial charge in [0.05, 0.1) is 33.1 Å². The van der Waals surface area contributed by atoms with Crippen molar-refractivity contribution in [1.82, 2.24) is 0 Å². The van der Waals surface area contributed by atoms with E-state index < -0.39 is 5.60 Å². The number of fused-ring (bicyclic) bond motifs is 9. The number of nitrogens with zero attached hydrogens (tertiary/aromatic N) is 1. The predicted octanol–water partition coefficient (Wildman–Crippen LogP) is 10.3. The van der Waals surface area contributed by atoms with Crippen LogP contribution in [0.3, 0.4) is 0 Å². The Morgan fingerprint density at radius 3 is 2.20 bits per heavy atom. The van der Waals surface area contributed by atoms with Gasteiger partial charge in [0, 0.05) is 40.6 Å². The SMILES string of the molecule is CCC1(CC)c2ccccc2-c2c1c1c(c3cc(OC)c(N4CCOCC4)cc23)OC(c2ccc(OC)cc2)(c2ccc3ccccc3c2)C=C1. The number of rotatable bonds is 7. The summed E-state index contributed by atoms with van der Waals surface area (Å²) in [6, 6.07) is 37.2. The average Bonchev–Trinajstić information content (AvgIpc) is 3.51. The van der Waals surface area contributed by atoms with E-state index >= 15 is 0 Å². The molecule has 3 aliphatic rings. The number of ether oxygens (including phenoxy) is 4. The molecule has 2 aliphatic heterocycles. The lowest BCUT2D eigenvalue weighted by molar-refractivity contribution is 0.122. The number of morpholine rings is 1. The molecule has 1 aliphatic carbocycles. The third-order valence-electron chi connectivity index (χ3n) is 11.8. The molecule has 0 radical (unpaired) electrons. The molecule has 0 spiro atoms. The topological polar surface area (TPSA) is 40.2 Å². The molecule has 1 saturated heterocycles. The zero-order valence-electron chi connectivity index (χ0n) is 29.8. The number of methoxy groups -OCH3 is 2. The summed E-state index contributed by atoms with van der Waals surface area (Å²) in [4.78, 5) is 2.40. The fraction of sp³-hybridized carbons (Fsp3) is 0.261. The van der Waals surface area contributed by atoms with Crippen LogP contribution in [0.5, 0.6) is 17.2 Å². The molecule has 5 heteroatoms. The molecular formula is C46H43NO4. The van der Waals surface area contributed by atoms with Crippen molar-refractivity contribution < 1.29 is 18.9 Å². The fourth-order valence-electron chi connectivity index (χ4n) is 9.12. The Morgan fingerprint density at radius 2 is 1.45 bits per heavy atom. The molecule has 0 amide bonds. The van der Waals surface area contributed by atoms with Gasteiger partial charge in [-0.3, -0.25) is 0 Å². The average molecular weight is 674 g/mol. The molecule has 256 valence electrons. The lowest BCUT2D eigenvalue weighted by Gasteiger charge is -2.39. The summed E-state index contributed by atoms with van der Waals surface area (Å²) in [5, 5.41) is 4.62. The maximum atomic E-state index is 7.70. The summed E-state index contributed by atoms with van der Waals surface area (Å²) in [5.74, 6) is 2.54. The molecule has 9 rings (SSSR count). The first-order valence-electron chi connectivity index (χ1n) is 18.2. The van der Waals surface area contributed by atoms with Crippen LogP contribution in [-0.4, -0.2) is 40.5 Å². The molecule has 51 heavy (non-hydrogen) atoms. The minimum Gasteiger partial charge on any atom is -0.497 e. The van der Waals surface area contributed by atoms with E-state index in [1.54, 1.807) is 14.2 Å². The molecule has 2 heterocycles. The monoisotopic (exact) mass is 673 g/mol. The van der Waals surface area contributed by atoms with Crippen molar-refractivity contribution in [3.8, 4) is 28.4 Å². The van der Waals surface area contributed by atoms with Crippen LogP contribution in [-0.2, 0) is 15.8 Å². The predicted molar refractivity (Wildman–Crippen MR) is 208 cm³/mol. The molecule has 0 aromatic heterocycles. The van der Waals surface area contributed by atoms with Gasteiger partial charge in [0.15, 0.2) is 5.60 Å². The molecular weight excluding hydrogens is 631 g/mol. The van der Waals surface area contributed by atoms with Gasteiger partial charge < -0.3 is 23.8 Å². The van der Waals surface area contributed by atoms with E-state index in [-0.39, 0.29) is 5.41 Å². The Labute approximate surface area is 300 Å². The van der Waals surface area contributed by atoms with E-state index in [1.807, 2.05) is 12.1 Å². The zero-order valence-corrected chi connectivity index (χ0v) is 29.8. The van der Waals surface area contributed by atoms with E-state index in [1.165, 1.54) is 38.4 Å². The summed E-state index contributed by atoms with van der Waals surface area (Å²) < 4.78 is 25.3. The molecule has 1 atom stereocenters. The van der Waals surface area contributed by atoms with E-state index in [9.17, 15) is 0 Å². The standard InChI is InChI=1S/C46H43NO4/c1-5-45(6-2)39-14-10-9-13-35(39)42-37-28-40(47-23-25-50-26-24-47)41(49-4)29-38(37)44-36(43(42)45)21-22-46(51-44,32-17-19-34(48-3)20-18-32)33-16-15-30-11-7-8-12-31(30)27-33/h7-22,27-29H,5-6,23-26H2,1-4H3. The normalized spacial score (nSPS) is 18.6.